The van der Waals surface area contributed by atoms with E-state index in [4.69, 9.17) is 25.1 Å². The van der Waals surface area contributed by atoms with Gasteiger partial charge in [-0.2, -0.15) is 13.5 Å². The first-order valence-corrected chi connectivity index (χ1v) is 23.7. The number of carbonyl (C=O) groups is 3. The number of aromatic nitrogens is 4. The van der Waals surface area contributed by atoms with Crippen LogP contribution in [-0.2, 0) is 39.2 Å². The lowest BCUT2D eigenvalue weighted by atomic mass is 9.39. The van der Waals surface area contributed by atoms with Crippen LogP contribution in [0.25, 0.3) is 21.3 Å². The van der Waals surface area contributed by atoms with Gasteiger partial charge in [0.2, 0.25) is 5.91 Å². The van der Waals surface area contributed by atoms with Gasteiger partial charge in [-0.15, -0.1) is 0 Å². The molecule has 2 unspecified atom stereocenters. The van der Waals surface area contributed by atoms with Crippen molar-refractivity contribution in [2.24, 2.45) is 22.0 Å². The summed E-state index contributed by atoms with van der Waals surface area (Å²) in [5.41, 5.74) is 10.4. The van der Waals surface area contributed by atoms with Crippen molar-refractivity contribution >= 4 is 60.4 Å². The van der Waals surface area contributed by atoms with Gasteiger partial charge in [-0.05, 0) is 110 Å². The van der Waals surface area contributed by atoms with Crippen molar-refractivity contribution in [2.75, 3.05) is 35.7 Å². The predicted molar refractivity (Wildman–Crippen MR) is 238 cm³/mol. The first-order chi connectivity index (χ1) is 29.8. The van der Waals surface area contributed by atoms with Gasteiger partial charge in [-0.3, -0.25) is 24.1 Å². The van der Waals surface area contributed by atoms with Crippen LogP contribution in [-0.4, -0.2) is 92.7 Å². The number of carbonyl (C=O) groups excluding carboxylic acids is 2. The Morgan fingerprint density at radius 2 is 1.73 bits per heavy atom. The minimum atomic E-state index is -4.39. The Morgan fingerprint density at radius 3 is 2.46 bits per heavy atom. The number of anilines is 2. The number of carboxylic acids is 1. The van der Waals surface area contributed by atoms with Gasteiger partial charge in [0.1, 0.15) is 11.9 Å². The van der Waals surface area contributed by atoms with Gasteiger partial charge in [0.15, 0.2) is 10.8 Å². The average molecular weight is 897 g/mol. The Bertz CT molecular complexity index is 2720. The minimum absolute atomic E-state index is 0.0284. The molecule has 5 aromatic rings. The summed E-state index contributed by atoms with van der Waals surface area (Å²) in [7, 11) is -4.39. The zero-order valence-corrected chi connectivity index (χ0v) is 37.2. The number of hydrogen-bond donors (Lipinski definition) is 5. The number of hydrogen-bond acceptors (Lipinski definition) is 12. The van der Waals surface area contributed by atoms with Crippen LogP contribution in [0.1, 0.15) is 90.0 Å². The minimum Gasteiger partial charge on any atom is -0.476 e. The van der Waals surface area contributed by atoms with E-state index in [1.807, 2.05) is 71.1 Å². The highest BCUT2D eigenvalue weighted by Gasteiger charge is 2.66. The van der Waals surface area contributed by atoms with Crippen LogP contribution in [0.15, 0.2) is 60.8 Å². The van der Waals surface area contributed by atoms with E-state index in [2.05, 4.69) is 29.5 Å². The number of nitrogens with two attached hydrogens (primary N) is 1. The molecule has 4 aliphatic carbocycles. The Labute approximate surface area is 369 Å². The van der Waals surface area contributed by atoms with Crippen molar-refractivity contribution in [1.29, 1.82) is 0 Å². The maximum Gasteiger partial charge on any atom is 0.355 e. The van der Waals surface area contributed by atoms with Crippen LogP contribution in [0.4, 0.5) is 10.9 Å². The number of benzene rings is 2. The van der Waals surface area contributed by atoms with Crippen LogP contribution in [0.3, 0.4) is 0 Å². The Morgan fingerprint density at radius 1 is 0.968 bits per heavy atom. The van der Waals surface area contributed by atoms with Crippen LogP contribution in [0, 0.1) is 23.2 Å². The van der Waals surface area contributed by atoms with Gasteiger partial charge in [-0.25, -0.2) is 14.8 Å². The highest BCUT2D eigenvalue weighted by Crippen LogP contribution is 2.72. The molecular weight excluding hydrogens is 845 g/mol. The molecule has 332 valence electrons. The van der Waals surface area contributed by atoms with E-state index in [1.54, 1.807) is 6.20 Å². The second-order valence-corrected chi connectivity index (χ2v) is 21.6. The highest BCUT2D eigenvalue weighted by molar-refractivity contribution is 7.85. The standard InChI is InChI=1S/C45H52N8O8S2/c1-27-31(17-48-53(27)26-44-21-42(2)20-43(3,22-44)24-45(23-42,25-44)61-16-14-47-39(55)33(46)19-63(58,59)60)29-11-12-36(50-37(29)40(56)57)52-15-13-28-7-6-8-30(32(28)18-52)38(54)51-41-49-34-9-4-5-10-35(34)62-41/h4-12,17,33H,13-16,18-26,46H2,1-3H3,(H,47,55)(H,56,57)(H,49,51,54)(H,58,59,60)/t33-,42?,43?,44?,45?/m0/s1. The van der Waals surface area contributed by atoms with E-state index in [9.17, 15) is 27.9 Å². The van der Waals surface area contributed by atoms with E-state index in [0.29, 0.717) is 53.7 Å². The van der Waals surface area contributed by atoms with Crippen LogP contribution < -0.4 is 21.3 Å². The third-order valence-corrected chi connectivity index (χ3v) is 15.2. The number of carboxylic acid groups (broad SMARTS) is 1. The van der Waals surface area contributed by atoms with Gasteiger partial charge in [0.25, 0.3) is 16.0 Å². The summed E-state index contributed by atoms with van der Waals surface area (Å²) in [6.07, 6.45) is 8.05. The quantitative estimate of drug-likeness (QED) is 0.0652. The molecule has 10 rings (SSSR count). The van der Waals surface area contributed by atoms with Gasteiger partial charge < -0.3 is 25.8 Å². The van der Waals surface area contributed by atoms with E-state index in [1.165, 1.54) is 11.3 Å². The summed E-state index contributed by atoms with van der Waals surface area (Å²) in [6, 6.07) is 15.7. The molecule has 2 amide bonds. The number of pyridine rings is 1. The molecule has 3 atom stereocenters. The van der Waals surface area contributed by atoms with Gasteiger partial charge >= 0.3 is 5.97 Å². The first kappa shape index (κ1) is 43.0. The lowest BCUT2D eigenvalue weighted by molar-refractivity contribution is -0.247. The lowest BCUT2D eigenvalue weighted by Crippen LogP contribution is -2.64. The van der Waals surface area contributed by atoms with E-state index < -0.39 is 39.4 Å². The maximum absolute atomic E-state index is 13.7. The maximum atomic E-state index is 13.7. The Balaban J connectivity index is 0.912. The van der Waals surface area contributed by atoms with Crippen molar-refractivity contribution in [3.8, 4) is 11.1 Å². The van der Waals surface area contributed by atoms with Crippen molar-refractivity contribution in [1.82, 2.24) is 25.1 Å². The first-order valence-electron chi connectivity index (χ1n) is 21.2. The number of fused-ring (bicyclic) bond motifs is 2. The number of nitrogens with one attached hydrogen (secondary N) is 2. The molecule has 6 N–H and O–H groups in total. The number of nitrogens with zero attached hydrogens (tertiary/aromatic N) is 5. The number of para-hydroxylation sites is 1. The molecule has 4 fully saturated rings. The number of amides is 2. The normalized spacial score (nSPS) is 25.5. The fourth-order valence-corrected chi connectivity index (χ4v) is 13.8. The molecule has 4 saturated carbocycles. The van der Waals surface area contributed by atoms with Crippen molar-refractivity contribution < 1.29 is 37.2 Å². The molecule has 0 radical (unpaired) electrons. The fraction of sp³-hybridized carbons (Fsp3) is 0.467. The summed E-state index contributed by atoms with van der Waals surface area (Å²) in [6.45, 7) is 8.62. The number of ether oxygens (including phenoxy) is 1. The zero-order valence-electron chi connectivity index (χ0n) is 35.5. The van der Waals surface area contributed by atoms with Gasteiger partial charge in [0, 0.05) is 48.6 Å². The number of thiazole rings is 1. The Hall–Kier alpha value is -5.27. The largest absolute Gasteiger partial charge is 0.476 e. The molecule has 0 spiro atoms. The van der Waals surface area contributed by atoms with E-state index >= 15 is 0 Å². The lowest BCUT2D eigenvalue weighted by Gasteiger charge is -2.69. The molecule has 5 aliphatic rings. The van der Waals surface area contributed by atoms with Crippen molar-refractivity contribution in [3.63, 3.8) is 0 Å². The molecule has 18 heteroatoms. The van der Waals surface area contributed by atoms with Crippen LogP contribution in [0.5, 0.6) is 0 Å². The second kappa shape index (κ2) is 15.8. The fourth-order valence-electron chi connectivity index (χ4n) is 12.3. The molecule has 3 aromatic heterocycles. The number of aromatic carboxylic acids is 1. The number of rotatable bonds is 14. The zero-order chi connectivity index (χ0) is 44.5. The molecule has 16 nitrogen and oxygen atoms in total. The Kier molecular flexibility index (Phi) is 10.8. The van der Waals surface area contributed by atoms with E-state index in [-0.39, 0.29) is 41.0 Å². The molecular formula is C45H52N8O8S2. The summed E-state index contributed by atoms with van der Waals surface area (Å²) >= 11 is 1.42. The highest BCUT2D eigenvalue weighted by atomic mass is 32.2. The van der Waals surface area contributed by atoms with Crippen molar-refractivity contribution in [3.05, 3.63) is 88.9 Å². The van der Waals surface area contributed by atoms with Gasteiger partial charge in [-0.1, -0.05) is 49.4 Å². The average Bonchev–Trinajstić information content (AvgIpc) is 3.78. The third kappa shape index (κ3) is 8.58. The molecule has 0 saturated heterocycles. The summed E-state index contributed by atoms with van der Waals surface area (Å²) < 4.78 is 41.2. The topological polar surface area (TPSA) is 232 Å². The van der Waals surface area contributed by atoms with E-state index in [0.717, 1.165) is 65.6 Å². The predicted octanol–water partition coefficient (Wildman–Crippen LogP) is 5.84. The van der Waals surface area contributed by atoms with Crippen LogP contribution in [0.2, 0.25) is 0 Å². The molecule has 2 aromatic carbocycles. The monoisotopic (exact) mass is 896 g/mol. The van der Waals surface area contributed by atoms with Crippen molar-refractivity contribution in [2.45, 2.75) is 90.4 Å². The molecule has 63 heavy (non-hydrogen) atoms. The molecule has 4 heterocycles. The molecule has 1 aliphatic heterocycles. The second-order valence-electron chi connectivity index (χ2n) is 19.1. The van der Waals surface area contributed by atoms with Gasteiger partial charge in [0.05, 0.1) is 34.4 Å². The third-order valence-electron chi connectivity index (χ3n) is 13.5. The van der Waals surface area contributed by atoms with Crippen LogP contribution >= 0.6 is 11.3 Å². The molecule has 4 bridgehead atoms. The smallest absolute Gasteiger partial charge is 0.355 e. The summed E-state index contributed by atoms with van der Waals surface area (Å²) in [4.78, 5) is 50.3. The SMILES string of the molecule is Cc1c(-c2ccc(N3CCc4cccc(C(=O)Nc5nc6ccccc6s5)c4C3)nc2C(=O)O)cnn1CC12CC3(C)CC(C)(C1)CC(OCCNC(=O)[C@@H](N)CS(=O)(=O)O)(C3)C2. The summed E-state index contributed by atoms with van der Waals surface area (Å²) in [5.74, 6) is -2.42. The summed E-state index contributed by atoms with van der Waals surface area (Å²) in [5, 5.41) is 21.6.